The fourth-order valence-corrected chi connectivity index (χ4v) is 2.57. The monoisotopic (exact) mass is 363 g/mol. The van der Waals surface area contributed by atoms with Gasteiger partial charge in [-0.1, -0.05) is 29.8 Å². The van der Waals surface area contributed by atoms with E-state index in [9.17, 15) is 14.9 Å². The van der Waals surface area contributed by atoms with E-state index in [4.69, 9.17) is 16.3 Å². The molecule has 0 radical (unpaired) electrons. The summed E-state index contributed by atoms with van der Waals surface area (Å²) in [5, 5.41) is 17.3. The van der Waals surface area contributed by atoms with Gasteiger partial charge in [-0.25, -0.2) is 0 Å². The standard InChI is InChI=1S/C17H18ClN3O4/c1-11(13-5-3-4-6-14(13)18)19-10-17(22)20-15-8-7-12(25-2)9-16(15)21(23)24/h3-9,11,19H,10H2,1-2H3,(H,20,22)/t11-/m0/s1. The number of hydrogen-bond acceptors (Lipinski definition) is 5. The summed E-state index contributed by atoms with van der Waals surface area (Å²) in [6.07, 6.45) is 0. The van der Waals surface area contributed by atoms with Crippen LogP contribution < -0.4 is 15.4 Å². The number of nitrogens with one attached hydrogen (secondary N) is 2. The van der Waals surface area contributed by atoms with E-state index in [2.05, 4.69) is 10.6 Å². The molecule has 0 aliphatic carbocycles. The minimum Gasteiger partial charge on any atom is -0.496 e. The van der Waals surface area contributed by atoms with Crippen LogP contribution in [-0.2, 0) is 4.79 Å². The highest BCUT2D eigenvalue weighted by molar-refractivity contribution is 6.31. The van der Waals surface area contributed by atoms with Crippen molar-refractivity contribution in [2.75, 3.05) is 19.0 Å². The highest BCUT2D eigenvalue weighted by Crippen LogP contribution is 2.29. The Morgan fingerprint density at radius 2 is 2.04 bits per heavy atom. The van der Waals surface area contributed by atoms with Gasteiger partial charge in [-0.3, -0.25) is 14.9 Å². The average Bonchev–Trinajstić information content (AvgIpc) is 2.60. The molecule has 0 bridgehead atoms. The molecule has 1 atom stereocenters. The van der Waals surface area contributed by atoms with Gasteiger partial charge in [-0.15, -0.1) is 0 Å². The Morgan fingerprint density at radius 3 is 2.68 bits per heavy atom. The van der Waals surface area contributed by atoms with Crippen LogP contribution in [0.15, 0.2) is 42.5 Å². The second-order valence-electron chi connectivity index (χ2n) is 5.31. The Morgan fingerprint density at radius 1 is 1.32 bits per heavy atom. The molecule has 0 aliphatic heterocycles. The van der Waals surface area contributed by atoms with Crippen LogP contribution in [0.5, 0.6) is 5.75 Å². The fraction of sp³-hybridized carbons (Fsp3) is 0.235. The number of amides is 1. The fourth-order valence-electron chi connectivity index (χ4n) is 2.27. The summed E-state index contributed by atoms with van der Waals surface area (Å²) in [4.78, 5) is 22.7. The molecule has 2 rings (SSSR count). The molecule has 2 aromatic carbocycles. The van der Waals surface area contributed by atoms with E-state index in [1.165, 1.54) is 19.2 Å². The number of nitro groups is 1. The number of halogens is 1. The molecule has 2 aromatic rings. The number of nitrogens with zero attached hydrogens (tertiary/aromatic N) is 1. The van der Waals surface area contributed by atoms with Crippen LogP contribution in [-0.4, -0.2) is 24.5 Å². The molecule has 8 heteroatoms. The van der Waals surface area contributed by atoms with E-state index in [0.717, 1.165) is 5.56 Å². The molecule has 0 heterocycles. The maximum absolute atomic E-state index is 12.1. The number of benzene rings is 2. The molecule has 2 N–H and O–H groups in total. The first-order chi connectivity index (χ1) is 11.9. The molecule has 0 saturated heterocycles. The first-order valence-electron chi connectivity index (χ1n) is 7.52. The second kappa shape index (κ2) is 8.46. The zero-order valence-corrected chi connectivity index (χ0v) is 14.5. The highest BCUT2D eigenvalue weighted by atomic mass is 35.5. The lowest BCUT2D eigenvalue weighted by molar-refractivity contribution is -0.384. The number of nitro benzene ring substituents is 1. The van der Waals surface area contributed by atoms with Crippen LogP contribution in [0, 0.1) is 10.1 Å². The van der Waals surface area contributed by atoms with Gasteiger partial charge >= 0.3 is 0 Å². The Balaban J connectivity index is 2.01. The smallest absolute Gasteiger partial charge is 0.296 e. The van der Waals surface area contributed by atoms with Crippen LogP contribution in [0.4, 0.5) is 11.4 Å². The first-order valence-corrected chi connectivity index (χ1v) is 7.90. The predicted molar refractivity (Wildman–Crippen MR) is 96.1 cm³/mol. The predicted octanol–water partition coefficient (Wildman–Crippen LogP) is 3.55. The Kier molecular flexibility index (Phi) is 6.32. The van der Waals surface area contributed by atoms with Gasteiger partial charge in [0, 0.05) is 11.1 Å². The van der Waals surface area contributed by atoms with Crippen LogP contribution >= 0.6 is 11.6 Å². The molecule has 0 spiro atoms. The molecule has 0 fully saturated rings. The summed E-state index contributed by atoms with van der Waals surface area (Å²) in [6, 6.07) is 11.4. The zero-order valence-electron chi connectivity index (χ0n) is 13.8. The van der Waals surface area contributed by atoms with Crippen molar-refractivity contribution in [3.8, 4) is 5.75 Å². The number of methoxy groups -OCH3 is 1. The van der Waals surface area contributed by atoms with Crippen LogP contribution in [0.3, 0.4) is 0 Å². The number of hydrogen-bond donors (Lipinski definition) is 2. The van der Waals surface area contributed by atoms with Crippen molar-refractivity contribution >= 4 is 28.9 Å². The van der Waals surface area contributed by atoms with E-state index in [0.29, 0.717) is 10.8 Å². The summed E-state index contributed by atoms with van der Waals surface area (Å²) in [7, 11) is 1.41. The average molecular weight is 364 g/mol. The summed E-state index contributed by atoms with van der Waals surface area (Å²) in [6.45, 7) is 1.86. The van der Waals surface area contributed by atoms with E-state index >= 15 is 0 Å². The van der Waals surface area contributed by atoms with E-state index in [-0.39, 0.29) is 24.0 Å². The third-order valence-electron chi connectivity index (χ3n) is 3.62. The van der Waals surface area contributed by atoms with Crippen molar-refractivity contribution in [2.24, 2.45) is 0 Å². The van der Waals surface area contributed by atoms with Gasteiger partial charge < -0.3 is 15.4 Å². The van der Waals surface area contributed by atoms with Crippen molar-refractivity contribution in [1.82, 2.24) is 5.32 Å². The normalized spacial score (nSPS) is 11.6. The van der Waals surface area contributed by atoms with Gasteiger partial charge in [0.25, 0.3) is 5.69 Å². The minimum atomic E-state index is -0.571. The quantitative estimate of drug-likeness (QED) is 0.579. The topological polar surface area (TPSA) is 93.5 Å². The maximum atomic E-state index is 12.1. The molecule has 25 heavy (non-hydrogen) atoms. The van der Waals surface area contributed by atoms with E-state index < -0.39 is 10.8 Å². The zero-order chi connectivity index (χ0) is 18.4. The number of rotatable bonds is 7. The van der Waals surface area contributed by atoms with E-state index in [1.54, 1.807) is 12.1 Å². The van der Waals surface area contributed by atoms with Gasteiger partial charge in [0.05, 0.1) is 24.6 Å². The van der Waals surface area contributed by atoms with Crippen molar-refractivity contribution < 1.29 is 14.5 Å². The van der Waals surface area contributed by atoms with Gasteiger partial charge in [0.15, 0.2) is 0 Å². The van der Waals surface area contributed by atoms with Crippen molar-refractivity contribution in [3.63, 3.8) is 0 Å². The second-order valence-corrected chi connectivity index (χ2v) is 5.72. The van der Waals surface area contributed by atoms with Crippen molar-refractivity contribution in [1.29, 1.82) is 0 Å². The lowest BCUT2D eigenvalue weighted by atomic mass is 10.1. The Bertz CT molecular complexity index is 782. The third-order valence-corrected chi connectivity index (χ3v) is 3.96. The molecule has 132 valence electrons. The minimum absolute atomic E-state index is 0.0183. The molecule has 7 nitrogen and oxygen atoms in total. The molecular weight excluding hydrogens is 346 g/mol. The lowest BCUT2D eigenvalue weighted by Crippen LogP contribution is -2.30. The number of anilines is 1. The highest BCUT2D eigenvalue weighted by Gasteiger charge is 2.18. The Labute approximate surface area is 150 Å². The Hall–Kier alpha value is -2.64. The number of carbonyl (C=O) groups is 1. The maximum Gasteiger partial charge on any atom is 0.296 e. The number of carbonyl (C=O) groups excluding carboxylic acids is 1. The van der Waals surface area contributed by atoms with Gasteiger partial charge in [0.2, 0.25) is 5.91 Å². The van der Waals surface area contributed by atoms with Gasteiger partial charge in [-0.05, 0) is 30.7 Å². The van der Waals surface area contributed by atoms with Crippen LogP contribution in [0.2, 0.25) is 5.02 Å². The molecule has 1 amide bonds. The molecule has 0 saturated carbocycles. The molecule has 0 unspecified atom stereocenters. The first kappa shape index (κ1) is 18.7. The summed E-state index contributed by atoms with van der Waals surface area (Å²) in [5.74, 6) is -0.0534. The van der Waals surface area contributed by atoms with E-state index in [1.807, 2.05) is 25.1 Å². The van der Waals surface area contributed by atoms with Gasteiger partial charge in [-0.2, -0.15) is 0 Å². The molecule has 0 aliphatic rings. The third kappa shape index (κ3) is 4.91. The number of ether oxygens (including phenoxy) is 1. The lowest BCUT2D eigenvalue weighted by Gasteiger charge is -2.15. The summed E-state index contributed by atoms with van der Waals surface area (Å²) >= 11 is 6.12. The molecule has 0 aromatic heterocycles. The SMILES string of the molecule is COc1ccc(NC(=O)CN[C@@H](C)c2ccccc2Cl)c([N+](=O)[O-])c1. The van der Waals surface area contributed by atoms with Crippen molar-refractivity contribution in [3.05, 3.63) is 63.2 Å². The van der Waals surface area contributed by atoms with Crippen LogP contribution in [0.1, 0.15) is 18.5 Å². The largest absolute Gasteiger partial charge is 0.496 e. The summed E-state index contributed by atoms with van der Waals surface area (Å²) in [5.41, 5.74) is 0.752. The van der Waals surface area contributed by atoms with Gasteiger partial charge in [0.1, 0.15) is 11.4 Å². The van der Waals surface area contributed by atoms with Crippen LogP contribution in [0.25, 0.3) is 0 Å². The summed E-state index contributed by atoms with van der Waals surface area (Å²) < 4.78 is 4.96. The molecular formula is C17H18ClN3O4. The van der Waals surface area contributed by atoms with Crippen molar-refractivity contribution in [2.45, 2.75) is 13.0 Å².